The molecule has 5 heteroatoms. The molecule has 3 unspecified atom stereocenters. The topological polar surface area (TPSA) is 29.3 Å². The Balaban J connectivity index is 0.00000147. The van der Waals surface area contributed by atoms with E-state index in [9.17, 15) is 4.39 Å². The lowest BCUT2D eigenvalue weighted by atomic mass is 9.78. The predicted molar refractivity (Wildman–Crippen MR) is 85.4 cm³/mol. The number of halogens is 3. The van der Waals surface area contributed by atoms with Gasteiger partial charge in [0.25, 0.3) is 0 Å². The molecule has 0 amide bonds. The summed E-state index contributed by atoms with van der Waals surface area (Å²) in [6, 6.07) is 5.33. The van der Waals surface area contributed by atoms with Gasteiger partial charge in [0.2, 0.25) is 0 Å². The molecular weight excluding hydrogens is 343 g/mol. The number of rotatable bonds is 2. The molecule has 20 heavy (non-hydrogen) atoms. The molecule has 3 rings (SSSR count). The van der Waals surface area contributed by atoms with Gasteiger partial charge in [-0.15, -0.1) is 12.4 Å². The van der Waals surface area contributed by atoms with Crippen molar-refractivity contribution in [1.29, 1.82) is 0 Å². The molecule has 2 nitrogen and oxygen atoms in total. The van der Waals surface area contributed by atoms with Crippen molar-refractivity contribution in [2.45, 2.75) is 31.8 Å². The summed E-state index contributed by atoms with van der Waals surface area (Å²) in [4.78, 5) is 2.47. The van der Waals surface area contributed by atoms with E-state index in [-0.39, 0.29) is 18.2 Å². The molecule has 0 aromatic heterocycles. The van der Waals surface area contributed by atoms with Crippen LogP contribution < -0.4 is 5.73 Å². The largest absolute Gasteiger partial charge is 0.327 e. The molecule has 1 saturated heterocycles. The zero-order valence-corrected chi connectivity index (χ0v) is 13.8. The van der Waals surface area contributed by atoms with Crippen LogP contribution in [0.25, 0.3) is 0 Å². The zero-order chi connectivity index (χ0) is 13.4. The highest BCUT2D eigenvalue weighted by molar-refractivity contribution is 9.10. The van der Waals surface area contributed by atoms with Gasteiger partial charge in [-0.2, -0.15) is 0 Å². The fourth-order valence-corrected chi connectivity index (χ4v) is 4.11. The first-order valence-electron chi connectivity index (χ1n) is 7.05. The lowest BCUT2D eigenvalue weighted by Gasteiger charge is -2.29. The normalized spacial score (nSPS) is 29.9. The van der Waals surface area contributed by atoms with E-state index in [1.807, 2.05) is 6.07 Å². The summed E-state index contributed by atoms with van der Waals surface area (Å²) in [6.07, 6.45) is 3.77. The number of hydrogen-bond donors (Lipinski definition) is 1. The first-order valence-corrected chi connectivity index (χ1v) is 7.84. The number of nitrogens with zero attached hydrogens (tertiary/aromatic N) is 1. The van der Waals surface area contributed by atoms with Crippen LogP contribution in [0.15, 0.2) is 22.7 Å². The second-order valence-electron chi connectivity index (χ2n) is 5.95. The van der Waals surface area contributed by atoms with Gasteiger partial charge in [-0.1, -0.05) is 28.4 Å². The lowest BCUT2D eigenvalue weighted by Crippen LogP contribution is -2.38. The van der Waals surface area contributed by atoms with E-state index in [4.69, 9.17) is 5.73 Å². The molecule has 0 bridgehead atoms. The van der Waals surface area contributed by atoms with Crippen molar-refractivity contribution >= 4 is 28.3 Å². The minimum absolute atomic E-state index is 0. The van der Waals surface area contributed by atoms with Crippen molar-refractivity contribution in [3.63, 3.8) is 0 Å². The van der Waals surface area contributed by atoms with E-state index in [0.29, 0.717) is 12.0 Å². The van der Waals surface area contributed by atoms with Crippen LogP contribution in [0.3, 0.4) is 0 Å². The molecule has 1 aromatic rings. The summed E-state index contributed by atoms with van der Waals surface area (Å²) < 4.78 is 14.0. The molecule has 3 atom stereocenters. The number of nitrogens with two attached hydrogens (primary N) is 1. The Bertz CT molecular complexity index is 471. The van der Waals surface area contributed by atoms with Gasteiger partial charge in [0, 0.05) is 30.1 Å². The Morgan fingerprint density at radius 1 is 1.30 bits per heavy atom. The second kappa shape index (κ2) is 6.73. The summed E-state index contributed by atoms with van der Waals surface area (Å²) >= 11 is 3.45. The lowest BCUT2D eigenvalue weighted by molar-refractivity contribution is 0.259. The molecule has 0 radical (unpaired) electrons. The van der Waals surface area contributed by atoms with Crippen molar-refractivity contribution in [2.75, 3.05) is 13.1 Å². The average molecular weight is 364 g/mol. The molecule has 2 aliphatic rings. The molecule has 1 aromatic carbocycles. The molecule has 2 fully saturated rings. The van der Waals surface area contributed by atoms with Crippen molar-refractivity contribution < 1.29 is 4.39 Å². The van der Waals surface area contributed by atoms with Crippen LogP contribution >= 0.6 is 28.3 Å². The van der Waals surface area contributed by atoms with E-state index < -0.39 is 0 Å². The Morgan fingerprint density at radius 2 is 2.10 bits per heavy atom. The third-order valence-electron chi connectivity index (χ3n) is 4.64. The van der Waals surface area contributed by atoms with Crippen LogP contribution in [0.1, 0.15) is 24.8 Å². The highest BCUT2D eigenvalue weighted by Crippen LogP contribution is 2.36. The first kappa shape index (κ1) is 16.2. The predicted octanol–water partition coefficient (Wildman–Crippen LogP) is 3.57. The Labute approximate surface area is 134 Å². The summed E-state index contributed by atoms with van der Waals surface area (Å²) in [5.74, 6) is 1.24. The smallest absolute Gasteiger partial charge is 0.124 e. The highest BCUT2D eigenvalue weighted by atomic mass is 79.9. The Kier molecular flexibility index (Phi) is 5.46. The Morgan fingerprint density at radius 3 is 2.80 bits per heavy atom. The van der Waals surface area contributed by atoms with E-state index in [2.05, 4.69) is 20.8 Å². The van der Waals surface area contributed by atoms with Crippen molar-refractivity contribution in [2.24, 2.45) is 17.6 Å². The van der Waals surface area contributed by atoms with Crippen molar-refractivity contribution in [3.8, 4) is 0 Å². The minimum atomic E-state index is -0.187. The van der Waals surface area contributed by atoms with Gasteiger partial charge in [0.15, 0.2) is 0 Å². The van der Waals surface area contributed by atoms with E-state index in [0.717, 1.165) is 35.6 Å². The van der Waals surface area contributed by atoms with Gasteiger partial charge < -0.3 is 5.73 Å². The zero-order valence-electron chi connectivity index (χ0n) is 11.4. The maximum Gasteiger partial charge on any atom is 0.124 e. The summed E-state index contributed by atoms with van der Waals surface area (Å²) in [7, 11) is 0. The average Bonchev–Trinajstić information content (AvgIpc) is 2.77. The first-order chi connectivity index (χ1) is 9.13. The number of likely N-dealkylation sites (tertiary alicyclic amines) is 1. The van der Waals surface area contributed by atoms with Gasteiger partial charge in [-0.25, -0.2) is 4.39 Å². The third-order valence-corrected chi connectivity index (χ3v) is 5.38. The van der Waals surface area contributed by atoms with E-state index in [1.54, 1.807) is 6.07 Å². The monoisotopic (exact) mass is 362 g/mol. The second-order valence-corrected chi connectivity index (χ2v) is 6.80. The van der Waals surface area contributed by atoms with Gasteiger partial charge in [-0.3, -0.25) is 4.90 Å². The molecular formula is C15H21BrClFN2. The Hall–Kier alpha value is -0.160. The third kappa shape index (κ3) is 3.35. The maximum atomic E-state index is 13.1. The standard InChI is InChI=1S/C15H20BrFN2.ClH/c16-14-6-12(17)5-4-11(14)8-19-7-10-2-1-3-15(18)13(10)9-19;/h4-6,10,13,15H,1-3,7-9,18H2;1H. The van der Waals surface area contributed by atoms with Crippen LogP contribution in [-0.4, -0.2) is 24.0 Å². The molecule has 1 aliphatic heterocycles. The fourth-order valence-electron chi connectivity index (χ4n) is 3.63. The van der Waals surface area contributed by atoms with Crippen molar-refractivity contribution in [1.82, 2.24) is 4.90 Å². The minimum Gasteiger partial charge on any atom is -0.327 e. The van der Waals surface area contributed by atoms with Crippen LogP contribution in [0, 0.1) is 17.7 Å². The quantitative estimate of drug-likeness (QED) is 0.870. The maximum absolute atomic E-state index is 13.1. The molecule has 1 saturated carbocycles. The van der Waals surface area contributed by atoms with Gasteiger partial charge in [0.1, 0.15) is 5.82 Å². The van der Waals surface area contributed by atoms with Crippen LogP contribution in [0.4, 0.5) is 4.39 Å². The van der Waals surface area contributed by atoms with E-state index >= 15 is 0 Å². The van der Waals surface area contributed by atoms with Crippen LogP contribution in [0.2, 0.25) is 0 Å². The number of fused-ring (bicyclic) bond motifs is 1. The summed E-state index contributed by atoms with van der Waals surface area (Å²) in [5, 5.41) is 0. The van der Waals surface area contributed by atoms with Gasteiger partial charge >= 0.3 is 0 Å². The molecule has 2 N–H and O–H groups in total. The fraction of sp³-hybridized carbons (Fsp3) is 0.600. The van der Waals surface area contributed by atoms with Crippen LogP contribution in [-0.2, 0) is 6.54 Å². The van der Waals surface area contributed by atoms with E-state index in [1.165, 1.54) is 25.3 Å². The van der Waals surface area contributed by atoms with Crippen molar-refractivity contribution in [3.05, 3.63) is 34.1 Å². The summed E-state index contributed by atoms with van der Waals surface area (Å²) in [5.41, 5.74) is 7.40. The molecule has 1 heterocycles. The number of benzene rings is 1. The summed E-state index contributed by atoms with van der Waals surface area (Å²) in [6.45, 7) is 3.12. The SMILES string of the molecule is Cl.NC1CCCC2CN(Cc3ccc(F)cc3Br)CC12. The highest BCUT2D eigenvalue weighted by Gasteiger charge is 2.38. The van der Waals surface area contributed by atoms with Gasteiger partial charge in [-0.05, 0) is 42.4 Å². The van der Waals surface area contributed by atoms with Crippen LogP contribution in [0.5, 0.6) is 0 Å². The van der Waals surface area contributed by atoms with Gasteiger partial charge in [0.05, 0.1) is 0 Å². The molecule has 1 aliphatic carbocycles. The number of hydrogen-bond acceptors (Lipinski definition) is 2. The molecule has 112 valence electrons. The molecule has 0 spiro atoms.